The van der Waals surface area contributed by atoms with Crippen LogP contribution in [0, 0.1) is 21.4 Å². The summed E-state index contributed by atoms with van der Waals surface area (Å²) in [6, 6.07) is 19.6. The minimum atomic E-state index is -0.600. The number of carbonyl (C=O) groups excluding carboxylic acids is 1. The van der Waals surface area contributed by atoms with E-state index in [0.717, 1.165) is 5.56 Å². The van der Waals surface area contributed by atoms with Gasteiger partial charge in [0.05, 0.1) is 17.7 Å². The van der Waals surface area contributed by atoms with Crippen molar-refractivity contribution in [3.05, 3.63) is 98.6 Å². The molecule has 1 N–H and O–H groups in total. The summed E-state index contributed by atoms with van der Waals surface area (Å²) in [5, 5.41) is 23.2. The average molecular weight is 464 g/mol. The fraction of sp³-hybridized carbons (Fsp3) is 0.0833. The Morgan fingerprint density at radius 2 is 1.85 bits per heavy atom. The molecule has 8 nitrogen and oxygen atoms in total. The molecule has 0 saturated carbocycles. The molecule has 0 heterocycles. The predicted octanol–water partition coefficient (Wildman–Crippen LogP) is 5.38. The van der Waals surface area contributed by atoms with E-state index in [9.17, 15) is 20.2 Å². The third kappa shape index (κ3) is 6.32. The van der Waals surface area contributed by atoms with Gasteiger partial charge < -0.3 is 14.8 Å². The van der Waals surface area contributed by atoms with Crippen molar-refractivity contribution in [2.75, 3.05) is 12.4 Å². The number of nitrogens with one attached hydrogen (secondary N) is 1. The summed E-state index contributed by atoms with van der Waals surface area (Å²) in [6.45, 7) is 0.237. The number of ether oxygens (including phenoxy) is 2. The summed E-state index contributed by atoms with van der Waals surface area (Å²) in [5.74, 6) is 0.383. The number of nitriles is 1. The Balaban J connectivity index is 1.65. The average Bonchev–Trinajstić information content (AvgIpc) is 2.82. The van der Waals surface area contributed by atoms with Crippen molar-refractivity contribution in [3.63, 3.8) is 0 Å². The Bertz CT molecular complexity index is 1230. The molecule has 0 aliphatic carbocycles. The number of nitro benzene ring substituents is 1. The van der Waals surface area contributed by atoms with E-state index in [4.69, 9.17) is 21.1 Å². The maximum atomic E-state index is 12.6. The van der Waals surface area contributed by atoms with Gasteiger partial charge in [-0.15, -0.1) is 0 Å². The number of anilines is 1. The van der Waals surface area contributed by atoms with Gasteiger partial charge >= 0.3 is 0 Å². The van der Waals surface area contributed by atoms with E-state index in [-0.39, 0.29) is 17.9 Å². The summed E-state index contributed by atoms with van der Waals surface area (Å²) < 4.78 is 10.9. The Kier molecular flexibility index (Phi) is 7.63. The lowest BCUT2D eigenvalue weighted by molar-refractivity contribution is -0.384. The highest BCUT2D eigenvalue weighted by Gasteiger charge is 2.13. The van der Waals surface area contributed by atoms with Gasteiger partial charge in [0.25, 0.3) is 11.6 Å². The van der Waals surface area contributed by atoms with Crippen LogP contribution in [0.4, 0.5) is 11.4 Å². The Labute approximate surface area is 194 Å². The van der Waals surface area contributed by atoms with Crippen LogP contribution in [0.5, 0.6) is 11.5 Å². The molecule has 0 saturated heterocycles. The number of rotatable bonds is 8. The van der Waals surface area contributed by atoms with Gasteiger partial charge in [0, 0.05) is 17.2 Å². The Hall–Kier alpha value is -4.35. The quantitative estimate of drug-likeness (QED) is 0.207. The van der Waals surface area contributed by atoms with E-state index in [1.165, 1.54) is 31.4 Å². The molecule has 3 rings (SSSR count). The smallest absolute Gasteiger partial charge is 0.269 e. The van der Waals surface area contributed by atoms with Crippen molar-refractivity contribution >= 4 is 35.0 Å². The summed E-state index contributed by atoms with van der Waals surface area (Å²) in [6.07, 6.45) is 1.45. The number of non-ortho nitro benzene ring substituents is 1. The first-order valence-electron chi connectivity index (χ1n) is 9.62. The summed E-state index contributed by atoms with van der Waals surface area (Å²) in [7, 11) is 1.46. The number of halogens is 1. The van der Waals surface area contributed by atoms with Crippen LogP contribution in [0.15, 0.2) is 72.3 Å². The molecule has 3 aromatic rings. The molecular formula is C24H18ClN3O5. The van der Waals surface area contributed by atoms with Gasteiger partial charge in [0.2, 0.25) is 0 Å². The lowest BCUT2D eigenvalue weighted by Gasteiger charge is -2.10. The molecule has 0 unspecified atom stereocenters. The van der Waals surface area contributed by atoms with Crippen LogP contribution in [0.25, 0.3) is 6.08 Å². The van der Waals surface area contributed by atoms with Crippen LogP contribution in [0.1, 0.15) is 11.1 Å². The van der Waals surface area contributed by atoms with Crippen LogP contribution in [-0.4, -0.2) is 17.9 Å². The predicted molar refractivity (Wildman–Crippen MR) is 124 cm³/mol. The molecule has 0 aromatic heterocycles. The van der Waals surface area contributed by atoms with Crippen molar-refractivity contribution in [2.24, 2.45) is 0 Å². The molecule has 0 bridgehead atoms. The lowest BCUT2D eigenvalue weighted by atomic mass is 10.1. The van der Waals surface area contributed by atoms with Crippen molar-refractivity contribution in [1.29, 1.82) is 5.26 Å². The maximum Gasteiger partial charge on any atom is 0.269 e. The normalized spacial score (nSPS) is 10.8. The van der Waals surface area contributed by atoms with Crippen LogP contribution < -0.4 is 14.8 Å². The fourth-order valence-corrected chi connectivity index (χ4v) is 3.00. The largest absolute Gasteiger partial charge is 0.495 e. The molecule has 0 spiro atoms. The fourth-order valence-electron chi connectivity index (χ4n) is 2.82. The zero-order valence-electron chi connectivity index (χ0n) is 17.4. The molecule has 33 heavy (non-hydrogen) atoms. The van der Waals surface area contributed by atoms with Gasteiger partial charge in [0.15, 0.2) is 0 Å². The van der Waals surface area contributed by atoms with Gasteiger partial charge in [-0.3, -0.25) is 14.9 Å². The first-order valence-corrected chi connectivity index (χ1v) is 10.0. The van der Waals surface area contributed by atoms with Gasteiger partial charge in [-0.1, -0.05) is 23.7 Å². The summed E-state index contributed by atoms with van der Waals surface area (Å²) >= 11 is 5.97. The van der Waals surface area contributed by atoms with E-state index in [0.29, 0.717) is 27.8 Å². The highest BCUT2D eigenvalue weighted by atomic mass is 35.5. The van der Waals surface area contributed by atoms with Crippen LogP contribution in [0.3, 0.4) is 0 Å². The number of amides is 1. The Morgan fingerprint density at radius 3 is 2.45 bits per heavy atom. The molecule has 166 valence electrons. The minimum absolute atomic E-state index is 0.0148. The first-order chi connectivity index (χ1) is 15.9. The molecule has 3 aromatic carbocycles. The van der Waals surface area contributed by atoms with Crippen LogP contribution in [0.2, 0.25) is 5.02 Å². The summed E-state index contributed by atoms with van der Waals surface area (Å²) in [4.78, 5) is 22.8. The standard InChI is InChI=1S/C24H18ClN3O5/c1-32-23-11-6-19(25)13-22(23)27-24(29)18(14-26)12-16-4-9-21(10-5-16)33-15-17-2-7-20(8-3-17)28(30)31/h2-13H,15H2,1H3,(H,27,29)/b18-12+. The zero-order valence-corrected chi connectivity index (χ0v) is 18.2. The van der Waals surface area contributed by atoms with E-state index in [2.05, 4.69) is 5.32 Å². The number of nitrogens with zero attached hydrogens (tertiary/aromatic N) is 2. The molecule has 0 aliphatic heterocycles. The van der Waals surface area contributed by atoms with Gasteiger partial charge in [-0.05, 0) is 59.7 Å². The van der Waals surface area contributed by atoms with Gasteiger partial charge in [-0.2, -0.15) is 5.26 Å². The zero-order chi connectivity index (χ0) is 23.8. The van der Waals surface area contributed by atoms with E-state index < -0.39 is 10.8 Å². The number of benzene rings is 3. The minimum Gasteiger partial charge on any atom is -0.495 e. The van der Waals surface area contributed by atoms with Gasteiger partial charge in [-0.25, -0.2) is 0 Å². The SMILES string of the molecule is COc1ccc(Cl)cc1NC(=O)/C(C#N)=C/c1ccc(OCc2ccc([N+](=O)[O-])cc2)cc1. The van der Waals surface area contributed by atoms with Crippen molar-refractivity contribution in [3.8, 4) is 17.6 Å². The number of hydrogen-bond donors (Lipinski definition) is 1. The second-order valence-corrected chi connectivity index (χ2v) is 7.19. The lowest BCUT2D eigenvalue weighted by Crippen LogP contribution is -2.14. The highest BCUT2D eigenvalue weighted by molar-refractivity contribution is 6.31. The third-order valence-electron chi connectivity index (χ3n) is 4.52. The van der Waals surface area contributed by atoms with E-state index >= 15 is 0 Å². The third-order valence-corrected chi connectivity index (χ3v) is 4.75. The molecular weight excluding hydrogens is 446 g/mol. The molecule has 0 aliphatic rings. The second-order valence-electron chi connectivity index (χ2n) is 6.75. The molecule has 0 fully saturated rings. The van der Waals surface area contributed by atoms with Crippen molar-refractivity contribution in [2.45, 2.75) is 6.61 Å². The van der Waals surface area contributed by atoms with E-state index in [1.807, 2.05) is 6.07 Å². The molecule has 9 heteroatoms. The number of carbonyl (C=O) groups is 1. The van der Waals surface area contributed by atoms with Crippen molar-refractivity contribution in [1.82, 2.24) is 0 Å². The first kappa shape index (κ1) is 23.3. The molecule has 0 atom stereocenters. The van der Waals surface area contributed by atoms with Crippen molar-refractivity contribution < 1.29 is 19.2 Å². The van der Waals surface area contributed by atoms with Crippen LogP contribution >= 0.6 is 11.6 Å². The Morgan fingerprint density at radius 1 is 1.15 bits per heavy atom. The number of nitro groups is 1. The maximum absolute atomic E-state index is 12.6. The van der Waals surface area contributed by atoms with E-state index in [1.54, 1.807) is 48.5 Å². The van der Waals surface area contributed by atoms with Crippen LogP contribution in [-0.2, 0) is 11.4 Å². The number of methoxy groups -OCH3 is 1. The second kappa shape index (κ2) is 10.8. The summed E-state index contributed by atoms with van der Waals surface area (Å²) in [5.41, 5.74) is 1.68. The molecule has 1 amide bonds. The van der Waals surface area contributed by atoms with Gasteiger partial charge in [0.1, 0.15) is 29.7 Å². The molecule has 0 radical (unpaired) electrons. The topological polar surface area (TPSA) is 114 Å². The number of hydrogen-bond acceptors (Lipinski definition) is 6. The highest BCUT2D eigenvalue weighted by Crippen LogP contribution is 2.28. The monoisotopic (exact) mass is 463 g/mol.